The molecule has 0 fully saturated rings. The van der Waals surface area contributed by atoms with Gasteiger partial charge in [-0.05, 0) is 29.8 Å². The summed E-state index contributed by atoms with van der Waals surface area (Å²) in [6.07, 6.45) is 0. The molecule has 0 atom stereocenters. The largest absolute Gasteiger partial charge is 0.491 e. The Bertz CT molecular complexity index is 1130. The number of aromatic amines is 1. The fourth-order valence-electron chi connectivity index (χ4n) is 3.04. The monoisotopic (exact) mass is 497 g/mol. The predicted molar refractivity (Wildman–Crippen MR) is 136 cm³/mol. The lowest BCUT2D eigenvalue weighted by Gasteiger charge is -2.10. The first-order chi connectivity index (χ1) is 17.5. The summed E-state index contributed by atoms with van der Waals surface area (Å²) in [5, 5.41) is 5.28. The number of H-pyrrole nitrogens is 1. The molecule has 36 heavy (non-hydrogen) atoms. The Morgan fingerprint density at radius 1 is 0.944 bits per heavy atom. The fourth-order valence-corrected chi connectivity index (χ4v) is 3.04. The third kappa shape index (κ3) is 9.37. The zero-order valence-corrected chi connectivity index (χ0v) is 20.1. The average Bonchev–Trinajstić information content (AvgIpc) is 2.87. The Kier molecular flexibility index (Phi) is 10.7. The second-order valence-corrected chi connectivity index (χ2v) is 7.62. The molecule has 11 nitrogen and oxygen atoms in total. The molecule has 0 saturated carbocycles. The number of nitrogens with zero attached hydrogens (tertiary/aromatic N) is 1. The molecule has 0 unspecified atom stereocenters. The summed E-state index contributed by atoms with van der Waals surface area (Å²) >= 11 is 0. The van der Waals surface area contributed by atoms with Crippen LogP contribution in [0.15, 0.2) is 59.4 Å². The molecule has 0 radical (unpaired) electrons. The van der Waals surface area contributed by atoms with Gasteiger partial charge in [0.25, 0.3) is 5.56 Å². The molecule has 0 saturated heterocycles. The van der Waals surface area contributed by atoms with E-state index in [1.165, 1.54) is 6.07 Å². The second-order valence-electron chi connectivity index (χ2n) is 7.62. The number of rotatable bonds is 14. The summed E-state index contributed by atoms with van der Waals surface area (Å²) in [5.74, 6) is 0.740. The maximum absolute atomic E-state index is 12.3. The van der Waals surface area contributed by atoms with E-state index in [1.807, 2.05) is 24.3 Å². The van der Waals surface area contributed by atoms with Gasteiger partial charge >= 0.3 is 6.03 Å². The quantitative estimate of drug-likeness (QED) is 0.196. The molecule has 0 bridgehead atoms. The van der Waals surface area contributed by atoms with Crippen molar-refractivity contribution in [2.45, 2.75) is 6.54 Å². The highest BCUT2D eigenvalue weighted by atomic mass is 16.6. The summed E-state index contributed by atoms with van der Waals surface area (Å²) in [7, 11) is 1.63. The molecule has 11 heteroatoms. The number of urea groups is 1. The van der Waals surface area contributed by atoms with Crippen LogP contribution in [0.4, 0.5) is 16.4 Å². The number of aromatic nitrogens is 2. The van der Waals surface area contributed by atoms with Gasteiger partial charge in [0.15, 0.2) is 0 Å². The van der Waals surface area contributed by atoms with E-state index in [-0.39, 0.29) is 18.1 Å². The molecular weight excluding hydrogens is 466 g/mol. The topological polar surface area (TPSA) is 150 Å². The molecule has 0 aliphatic heterocycles. The van der Waals surface area contributed by atoms with Crippen LogP contribution in [0.2, 0.25) is 0 Å². The number of nitrogen functional groups attached to an aromatic ring is 1. The molecule has 1 aromatic heterocycles. The first kappa shape index (κ1) is 26.7. The molecule has 1 heterocycles. The number of anilines is 2. The van der Waals surface area contributed by atoms with Crippen LogP contribution in [0.3, 0.4) is 0 Å². The maximum Gasteiger partial charge on any atom is 0.321 e. The number of carbonyl (C=O) groups excluding carboxylic acids is 1. The van der Waals surface area contributed by atoms with Gasteiger partial charge in [0, 0.05) is 31.0 Å². The van der Waals surface area contributed by atoms with Crippen LogP contribution in [0.25, 0.3) is 11.3 Å². The van der Waals surface area contributed by atoms with E-state index < -0.39 is 6.03 Å². The first-order valence-electron chi connectivity index (χ1n) is 11.4. The van der Waals surface area contributed by atoms with Crippen LogP contribution >= 0.6 is 0 Å². The van der Waals surface area contributed by atoms with Gasteiger partial charge in [0.05, 0.1) is 38.7 Å². The number of carbonyl (C=O) groups is 1. The third-order valence-corrected chi connectivity index (χ3v) is 4.86. The minimum absolute atomic E-state index is 0.0410. The van der Waals surface area contributed by atoms with E-state index in [0.717, 1.165) is 5.56 Å². The van der Waals surface area contributed by atoms with Crippen molar-refractivity contribution in [1.82, 2.24) is 15.3 Å². The van der Waals surface area contributed by atoms with E-state index in [0.29, 0.717) is 62.3 Å². The van der Waals surface area contributed by atoms with E-state index >= 15 is 0 Å². The molecule has 0 aliphatic rings. The zero-order valence-electron chi connectivity index (χ0n) is 20.1. The number of hydrogen-bond donors (Lipinski definition) is 4. The standard InChI is InChI=1S/C25H31N5O6/c1-33-10-11-34-12-13-35-14-15-36-21-8-2-18(3-9-21)17-27-25(32)30-24-28-22(16-23(31)29-24)19-4-6-20(26)7-5-19/h2-9,16H,10-15,17,26H2,1H3,(H3,27,28,29,30,31,32). The van der Waals surface area contributed by atoms with Crippen LogP contribution < -0.4 is 26.7 Å². The highest BCUT2D eigenvalue weighted by Gasteiger charge is 2.08. The predicted octanol–water partition coefficient (Wildman–Crippen LogP) is 2.40. The minimum Gasteiger partial charge on any atom is -0.491 e. The molecule has 5 N–H and O–H groups in total. The van der Waals surface area contributed by atoms with Gasteiger partial charge < -0.3 is 30.0 Å². The lowest BCUT2D eigenvalue weighted by Crippen LogP contribution is -2.30. The Hall–Kier alpha value is -3.93. The van der Waals surface area contributed by atoms with Gasteiger partial charge in [-0.15, -0.1) is 0 Å². The molecule has 0 spiro atoms. The average molecular weight is 498 g/mol. The van der Waals surface area contributed by atoms with Gasteiger partial charge in [-0.25, -0.2) is 9.78 Å². The van der Waals surface area contributed by atoms with E-state index in [4.69, 9.17) is 24.7 Å². The highest BCUT2D eigenvalue weighted by molar-refractivity contribution is 5.87. The van der Waals surface area contributed by atoms with Crippen molar-refractivity contribution in [2.75, 3.05) is 57.8 Å². The number of ether oxygens (including phenoxy) is 4. The number of methoxy groups -OCH3 is 1. The van der Waals surface area contributed by atoms with Crippen molar-refractivity contribution in [1.29, 1.82) is 0 Å². The molecule has 0 aliphatic carbocycles. The van der Waals surface area contributed by atoms with E-state index in [9.17, 15) is 9.59 Å². The molecular formula is C25H31N5O6. The first-order valence-corrected chi connectivity index (χ1v) is 11.4. The van der Waals surface area contributed by atoms with E-state index in [1.54, 1.807) is 31.4 Å². The number of nitrogens with one attached hydrogen (secondary N) is 3. The van der Waals surface area contributed by atoms with Crippen molar-refractivity contribution in [3.8, 4) is 17.0 Å². The van der Waals surface area contributed by atoms with Gasteiger partial charge in [-0.2, -0.15) is 0 Å². The molecule has 3 rings (SSSR count). The normalized spacial score (nSPS) is 10.7. The van der Waals surface area contributed by atoms with E-state index in [2.05, 4.69) is 20.6 Å². The summed E-state index contributed by atoms with van der Waals surface area (Å²) < 4.78 is 21.3. The van der Waals surface area contributed by atoms with Gasteiger partial charge in [-0.1, -0.05) is 24.3 Å². The number of hydrogen-bond acceptors (Lipinski definition) is 8. The van der Waals surface area contributed by atoms with Crippen LogP contribution in [0.5, 0.6) is 5.75 Å². The molecule has 192 valence electrons. The third-order valence-electron chi connectivity index (χ3n) is 4.86. The summed E-state index contributed by atoms with van der Waals surface area (Å²) in [4.78, 5) is 31.1. The minimum atomic E-state index is -0.503. The van der Waals surface area contributed by atoms with Crippen molar-refractivity contribution < 1.29 is 23.7 Å². The van der Waals surface area contributed by atoms with Crippen LogP contribution in [0.1, 0.15) is 5.56 Å². The van der Waals surface area contributed by atoms with Gasteiger partial charge in [0.2, 0.25) is 5.95 Å². The Balaban J connectivity index is 1.38. The van der Waals surface area contributed by atoms with Gasteiger partial charge in [0.1, 0.15) is 12.4 Å². The van der Waals surface area contributed by atoms with Crippen molar-refractivity contribution in [2.24, 2.45) is 0 Å². The maximum atomic E-state index is 12.3. The Labute approximate surface area is 208 Å². The highest BCUT2D eigenvalue weighted by Crippen LogP contribution is 2.18. The molecule has 2 aromatic carbocycles. The SMILES string of the molecule is COCCOCCOCCOc1ccc(CNC(=O)Nc2nc(-c3ccc(N)cc3)cc(=O)[nH]2)cc1. The smallest absolute Gasteiger partial charge is 0.321 e. The lowest BCUT2D eigenvalue weighted by molar-refractivity contribution is 0.0180. The lowest BCUT2D eigenvalue weighted by atomic mass is 10.1. The van der Waals surface area contributed by atoms with Gasteiger partial charge in [-0.3, -0.25) is 15.1 Å². The fraction of sp³-hybridized carbons (Fsp3) is 0.320. The Morgan fingerprint density at radius 2 is 1.61 bits per heavy atom. The van der Waals surface area contributed by atoms with Crippen LogP contribution in [-0.4, -0.2) is 62.8 Å². The van der Waals surface area contributed by atoms with Crippen molar-refractivity contribution in [3.63, 3.8) is 0 Å². The number of benzene rings is 2. The summed E-state index contributed by atoms with van der Waals surface area (Å²) in [6.45, 7) is 3.27. The van der Waals surface area contributed by atoms with Crippen molar-refractivity contribution in [3.05, 3.63) is 70.5 Å². The van der Waals surface area contributed by atoms with Crippen LogP contribution in [-0.2, 0) is 20.8 Å². The van der Waals surface area contributed by atoms with Crippen LogP contribution in [0, 0.1) is 0 Å². The molecule has 3 aromatic rings. The molecule has 2 amide bonds. The number of nitrogens with two attached hydrogens (primary N) is 1. The second kappa shape index (κ2) is 14.5. The summed E-state index contributed by atoms with van der Waals surface area (Å²) in [6, 6.07) is 15.1. The number of amides is 2. The zero-order chi connectivity index (χ0) is 25.6. The van der Waals surface area contributed by atoms with Crippen molar-refractivity contribution >= 4 is 17.7 Å². The summed E-state index contributed by atoms with van der Waals surface area (Å²) in [5.41, 5.74) is 7.92. The Morgan fingerprint density at radius 3 is 2.31 bits per heavy atom.